The summed E-state index contributed by atoms with van der Waals surface area (Å²) in [6.45, 7) is 4.93. The van der Waals surface area contributed by atoms with Crippen LogP contribution < -0.4 is 20.5 Å². The lowest BCUT2D eigenvalue weighted by molar-refractivity contribution is -0.143. The highest BCUT2D eigenvalue weighted by Gasteiger charge is 2.46. The summed E-state index contributed by atoms with van der Waals surface area (Å²) in [4.78, 5) is 31.9. The smallest absolute Gasteiger partial charge is 0.306 e. The van der Waals surface area contributed by atoms with Gasteiger partial charge in [-0.2, -0.15) is 0 Å². The van der Waals surface area contributed by atoms with Gasteiger partial charge >= 0.3 is 5.97 Å². The maximum absolute atomic E-state index is 13.4. The molecule has 12 heteroatoms. The van der Waals surface area contributed by atoms with Crippen LogP contribution in [0.1, 0.15) is 63.8 Å². The van der Waals surface area contributed by atoms with Gasteiger partial charge < -0.3 is 30.5 Å². The molecule has 1 saturated carbocycles. The normalized spacial score (nSPS) is 20.3. The zero-order valence-electron chi connectivity index (χ0n) is 26.1. The fourth-order valence-corrected chi connectivity index (χ4v) is 6.61. The number of imidazole rings is 1. The van der Waals surface area contributed by atoms with Crippen molar-refractivity contribution < 1.29 is 24.2 Å². The lowest BCUT2D eigenvalue weighted by Crippen LogP contribution is -2.56. The lowest BCUT2D eigenvalue weighted by Gasteiger charge is -2.41. The third-order valence-corrected chi connectivity index (χ3v) is 9.31. The third-order valence-electron chi connectivity index (χ3n) is 9.31. The Bertz CT molecular complexity index is 1570. The molecule has 1 unspecified atom stereocenters. The van der Waals surface area contributed by atoms with Crippen molar-refractivity contribution in [1.82, 2.24) is 19.8 Å². The van der Waals surface area contributed by atoms with E-state index in [0.29, 0.717) is 59.7 Å². The molecule has 2 fully saturated rings. The van der Waals surface area contributed by atoms with Gasteiger partial charge in [-0.3, -0.25) is 25.0 Å². The van der Waals surface area contributed by atoms with Gasteiger partial charge in [-0.05, 0) is 82.0 Å². The molecular weight excluding hydrogens is 574 g/mol. The number of carboxylic acids is 1. The first-order valence-electron chi connectivity index (χ1n) is 15.5. The van der Waals surface area contributed by atoms with Crippen molar-refractivity contribution in [1.29, 1.82) is 10.8 Å². The van der Waals surface area contributed by atoms with Crippen LogP contribution in [0.15, 0.2) is 42.5 Å². The van der Waals surface area contributed by atoms with E-state index in [-0.39, 0.29) is 30.2 Å². The van der Waals surface area contributed by atoms with E-state index in [4.69, 9.17) is 31.0 Å². The van der Waals surface area contributed by atoms with Crippen LogP contribution in [-0.4, -0.2) is 69.2 Å². The van der Waals surface area contributed by atoms with Crippen molar-refractivity contribution in [2.45, 2.75) is 70.7 Å². The number of ketones is 1. The van der Waals surface area contributed by atoms with Crippen molar-refractivity contribution >= 4 is 34.5 Å². The molecule has 2 heterocycles. The molecule has 0 spiro atoms. The van der Waals surface area contributed by atoms with Crippen LogP contribution in [0.3, 0.4) is 0 Å². The van der Waals surface area contributed by atoms with E-state index in [2.05, 4.69) is 10.2 Å². The number of rotatable bonds is 10. The van der Waals surface area contributed by atoms with Crippen LogP contribution in [0.4, 0.5) is 0 Å². The summed E-state index contributed by atoms with van der Waals surface area (Å²) in [7, 11) is 1.68. The second kappa shape index (κ2) is 13.3. The number of ether oxygens (including phenoxy) is 2. The molecule has 0 radical (unpaired) electrons. The zero-order chi connectivity index (χ0) is 32.3. The van der Waals surface area contributed by atoms with E-state index in [0.717, 1.165) is 31.7 Å². The van der Waals surface area contributed by atoms with E-state index in [1.807, 2.05) is 37.3 Å². The van der Waals surface area contributed by atoms with Gasteiger partial charge in [0.1, 0.15) is 35.9 Å². The van der Waals surface area contributed by atoms with Crippen LogP contribution in [0.5, 0.6) is 11.5 Å². The highest BCUT2D eigenvalue weighted by molar-refractivity contribution is 5.99. The summed E-state index contributed by atoms with van der Waals surface area (Å²) >= 11 is 0. The summed E-state index contributed by atoms with van der Waals surface area (Å²) in [5.41, 5.74) is 7.49. The first kappa shape index (κ1) is 32.0. The highest BCUT2D eigenvalue weighted by atomic mass is 16.5. The molecular formula is C33H43N7O5. The van der Waals surface area contributed by atoms with Gasteiger partial charge in [0, 0.05) is 44.5 Å². The summed E-state index contributed by atoms with van der Waals surface area (Å²) in [5.74, 6) is 0.835. The minimum atomic E-state index is -1.46. The number of Topliss-reactive ketones (excluding diaryl/α,β-unsaturated/α-hetero) is 1. The van der Waals surface area contributed by atoms with Crippen molar-refractivity contribution in [3.8, 4) is 11.5 Å². The number of carboxylic acid groups (broad SMARTS) is 1. The monoisotopic (exact) mass is 617 g/mol. The maximum Gasteiger partial charge on any atom is 0.306 e. The zero-order valence-corrected chi connectivity index (χ0v) is 26.1. The highest BCUT2D eigenvalue weighted by Crippen LogP contribution is 2.40. The average molecular weight is 618 g/mol. The second-order valence-corrected chi connectivity index (χ2v) is 12.1. The topological polar surface area (TPSA) is 180 Å². The number of carbonyl (C=O) groups is 2. The standard InChI is InChI=1S/C33H43N7O5/c1-20(41)33(36,24-7-4-22(5-8-24)32(42)43)40-29-13-6-23(31(35)37-3)18-28(29)38-30(40)19-44-25-9-11-26(12-10-25)45-27-14-16-39(17-15-27)21(2)34/h6,9-13,18,22,24,27,34H,4-5,7-8,14-17,19,36H2,1-3H3,(H2,35,37)(H,42,43)/t22-,24-,33?. The Morgan fingerprint density at radius 2 is 1.67 bits per heavy atom. The molecule has 0 bridgehead atoms. The van der Waals surface area contributed by atoms with Crippen molar-refractivity contribution in [2.75, 3.05) is 20.1 Å². The van der Waals surface area contributed by atoms with Gasteiger partial charge in [0.05, 0.1) is 22.8 Å². The predicted molar refractivity (Wildman–Crippen MR) is 171 cm³/mol. The number of nitrogens with two attached hydrogens (primary N) is 1. The number of piperidine rings is 1. The number of fused-ring (bicyclic) bond motifs is 1. The molecule has 2 aromatic carbocycles. The molecule has 2 aliphatic rings. The summed E-state index contributed by atoms with van der Waals surface area (Å²) in [6, 6.07) is 12.8. The number of aliphatic carboxylic acids is 1. The van der Waals surface area contributed by atoms with E-state index in [1.54, 1.807) is 23.7 Å². The first-order valence-corrected chi connectivity index (χ1v) is 15.5. The van der Waals surface area contributed by atoms with Gasteiger partial charge in [-0.25, -0.2) is 4.98 Å². The number of hydrogen-bond donors (Lipinski definition) is 5. The number of amidine groups is 2. The van der Waals surface area contributed by atoms with Crippen LogP contribution >= 0.6 is 0 Å². The van der Waals surface area contributed by atoms with Gasteiger partial charge in [0.15, 0.2) is 11.4 Å². The number of nitrogens with one attached hydrogen (secondary N) is 3. The third kappa shape index (κ3) is 6.65. The van der Waals surface area contributed by atoms with Crippen molar-refractivity contribution in [3.63, 3.8) is 0 Å². The summed E-state index contributed by atoms with van der Waals surface area (Å²) in [5, 5.41) is 28.4. The van der Waals surface area contributed by atoms with E-state index >= 15 is 0 Å². The number of aromatic nitrogens is 2. The van der Waals surface area contributed by atoms with Crippen LogP contribution in [0.2, 0.25) is 0 Å². The van der Waals surface area contributed by atoms with Crippen molar-refractivity contribution in [3.05, 3.63) is 53.9 Å². The molecule has 1 atom stereocenters. The fourth-order valence-electron chi connectivity index (χ4n) is 6.61. The van der Waals surface area contributed by atoms with Gasteiger partial charge in [-0.1, -0.05) is 0 Å². The Morgan fingerprint density at radius 1 is 1.02 bits per heavy atom. The van der Waals surface area contributed by atoms with Crippen LogP contribution in [0.25, 0.3) is 11.0 Å². The predicted octanol–water partition coefficient (Wildman–Crippen LogP) is 4.09. The Kier molecular flexibility index (Phi) is 9.42. The molecule has 1 aliphatic carbocycles. The van der Waals surface area contributed by atoms with E-state index in [1.165, 1.54) is 6.92 Å². The minimum absolute atomic E-state index is 0.0336. The quantitative estimate of drug-likeness (QED) is 0.165. The molecule has 6 N–H and O–H groups in total. The Morgan fingerprint density at radius 3 is 2.24 bits per heavy atom. The Hall–Kier alpha value is -4.45. The van der Waals surface area contributed by atoms with Crippen LogP contribution in [0, 0.1) is 22.7 Å². The van der Waals surface area contributed by atoms with E-state index in [9.17, 15) is 14.7 Å². The number of benzene rings is 2. The first-order chi connectivity index (χ1) is 21.5. The van der Waals surface area contributed by atoms with E-state index < -0.39 is 17.6 Å². The Balaban J connectivity index is 1.39. The average Bonchev–Trinajstić information content (AvgIpc) is 3.42. The molecule has 1 saturated heterocycles. The van der Waals surface area contributed by atoms with Gasteiger partial charge in [-0.15, -0.1) is 0 Å². The summed E-state index contributed by atoms with van der Waals surface area (Å²) in [6.07, 6.45) is 3.70. The van der Waals surface area contributed by atoms with Gasteiger partial charge in [0.25, 0.3) is 0 Å². The number of carbonyl (C=O) groups excluding carboxylic acids is 1. The largest absolute Gasteiger partial charge is 0.490 e. The molecule has 0 amide bonds. The van der Waals surface area contributed by atoms with Crippen LogP contribution in [-0.2, 0) is 21.9 Å². The minimum Gasteiger partial charge on any atom is -0.490 e. The molecule has 1 aromatic heterocycles. The summed E-state index contributed by atoms with van der Waals surface area (Å²) < 4.78 is 14.1. The number of hydrogen-bond acceptors (Lipinski definition) is 8. The SMILES string of the molecule is CNC(=N)c1ccc2c(c1)nc(COc1ccc(OC3CCN(C(C)=N)CC3)cc1)n2C(N)(C(C)=O)[C@H]1CC[C@H](C(=O)O)CC1. The van der Waals surface area contributed by atoms with Gasteiger partial charge in [0.2, 0.25) is 0 Å². The fraction of sp³-hybridized carbons (Fsp3) is 0.485. The second-order valence-electron chi connectivity index (χ2n) is 12.1. The number of nitrogens with zero attached hydrogens (tertiary/aromatic N) is 3. The molecule has 45 heavy (non-hydrogen) atoms. The molecule has 1 aliphatic heterocycles. The lowest BCUT2D eigenvalue weighted by atomic mass is 9.74. The molecule has 3 aromatic rings. The Labute approximate surface area is 262 Å². The molecule has 5 rings (SSSR count). The number of likely N-dealkylation sites (tertiary alicyclic amines) is 1. The molecule has 12 nitrogen and oxygen atoms in total. The van der Waals surface area contributed by atoms with Crippen molar-refractivity contribution in [2.24, 2.45) is 17.6 Å². The molecule has 240 valence electrons. The maximum atomic E-state index is 13.4.